The van der Waals surface area contributed by atoms with Crippen molar-refractivity contribution in [2.75, 3.05) is 11.4 Å². The van der Waals surface area contributed by atoms with Gasteiger partial charge >= 0.3 is 0 Å². The summed E-state index contributed by atoms with van der Waals surface area (Å²) < 4.78 is 0. The lowest BCUT2D eigenvalue weighted by molar-refractivity contribution is 0.606. The molecule has 0 bridgehead atoms. The van der Waals surface area contributed by atoms with Gasteiger partial charge in [-0.3, -0.25) is 0 Å². The van der Waals surface area contributed by atoms with Crippen LogP contribution in [0, 0.1) is 0 Å². The van der Waals surface area contributed by atoms with E-state index < -0.39 is 0 Å². The van der Waals surface area contributed by atoms with E-state index >= 15 is 0 Å². The van der Waals surface area contributed by atoms with Gasteiger partial charge in [0, 0.05) is 18.2 Å². The first-order chi connectivity index (χ1) is 8.65. The van der Waals surface area contributed by atoms with Gasteiger partial charge in [0.25, 0.3) is 0 Å². The Labute approximate surface area is 115 Å². The van der Waals surface area contributed by atoms with Crippen LogP contribution < -0.4 is 4.90 Å². The van der Waals surface area contributed by atoms with Crippen molar-refractivity contribution >= 4 is 17.4 Å². The lowest BCUT2D eigenvalue weighted by Gasteiger charge is -2.31. The summed E-state index contributed by atoms with van der Waals surface area (Å²) in [4.78, 5) is 11.1. The lowest BCUT2D eigenvalue weighted by atomic mass is 10.0. The van der Waals surface area contributed by atoms with Crippen LogP contribution in [0.5, 0.6) is 0 Å². The summed E-state index contributed by atoms with van der Waals surface area (Å²) >= 11 is 6.25. The number of halogens is 1. The molecular formula is C14H22ClN3. The van der Waals surface area contributed by atoms with Gasteiger partial charge in [-0.05, 0) is 25.7 Å². The predicted octanol–water partition coefficient (Wildman–Crippen LogP) is 4.02. The van der Waals surface area contributed by atoms with Gasteiger partial charge in [0.1, 0.15) is 17.3 Å². The van der Waals surface area contributed by atoms with Gasteiger partial charge in [0.15, 0.2) is 0 Å². The molecule has 0 N–H and O–H groups in total. The second-order valence-corrected chi connectivity index (χ2v) is 5.64. The Morgan fingerprint density at radius 3 is 2.56 bits per heavy atom. The molecule has 0 saturated heterocycles. The fraction of sp³-hybridized carbons (Fsp3) is 0.714. The Kier molecular flexibility index (Phi) is 4.44. The van der Waals surface area contributed by atoms with E-state index in [4.69, 9.17) is 11.6 Å². The zero-order valence-corrected chi connectivity index (χ0v) is 12.2. The third-order valence-electron chi connectivity index (χ3n) is 3.77. The molecular weight excluding hydrogens is 246 g/mol. The topological polar surface area (TPSA) is 29.0 Å². The Hall–Kier alpha value is -0.830. The van der Waals surface area contributed by atoms with Crippen LogP contribution in [0.25, 0.3) is 0 Å². The Balaban J connectivity index is 2.38. The number of rotatable bonds is 4. The van der Waals surface area contributed by atoms with Crippen molar-refractivity contribution < 1.29 is 0 Å². The van der Waals surface area contributed by atoms with Crippen molar-refractivity contribution in [1.82, 2.24) is 9.97 Å². The number of aromatic nitrogens is 2. The Bertz CT molecular complexity index is 400. The van der Waals surface area contributed by atoms with Crippen molar-refractivity contribution in [1.29, 1.82) is 0 Å². The molecule has 0 unspecified atom stereocenters. The SMILES string of the molecule is CCN(c1ncnc(Cl)c1C(C)C)C1CCCC1. The number of nitrogens with zero attached hydrogens (tertiary/aromatic N) is 3. The Morgan fingerprint density at radius 1 is 1.33 bits per heavy atom. The molecule has 1 aliphatic rings. The van der Waals surface area contributed by atoms with E-state index in [1.165, 1.54) is 25.7 Å². The van der Waals surface area contributed by atoms with E-state index in [0.717, 1.165) is 17.9 Å². The molecule has 0 aromatic carbocycles. The minimum absolute atomic E-state index is 0.351. The quantitative estimate of drug-likeness (QED) is 0.772. The molecule has 1 saturated carbocycles. The van der Waals surface area contributed by atoms with Gasteiger partial charge in [-0.1, -0.05) is 38.3 Å². The molecule has 1 heterocycles. The molecule has 0 spiro atoms. The van der Waals surface area contributed by atoms with Crippen LogP contribution in [0.3, 0.4) is 0 Å². The first-order valence-electron chi connectivity index (χ1n) is 6.92. The van der Waals surface area contributed by atoms with Crippen LogP contribution in [0.2, 0.25) is 5.15 Å². The van der Waals surface area contributed by atoms with Crippen LogP contribution in [-0.2, 0) is 0 Å². The van der Waals surface area contributed by atoms with Gasteiger partial charge in [0.2, 0.25) is 0 Å². The van der Waals surface area contributed by atoms with Crippen LogP contribution in [0.4, 0.5) is 5.82 Å². The monoisotopic (exact) mass is 267 g/mol. The number of hydrogen-bond acceptors (Lipinski definition) is 3. The highest BCUT2D eigenvalue weighted by Gasteiger charge is 2.26. The highest BCUT2D eigenvalue weighted by molar-refractivity contribution is 6.30. The molecule has 2 rings (SSSR count). The normalized spacial score (nSPS) is 16.5. The number of hydrogen-bond donors (Lipinski definition) is 0. The first kappa shape index (κ1) is 13.6. The molecule has 0 aliphatic heterocycles. The Morgan fingerprint density at radius 2 is 2.00 bits per heavy atom. The highest BCUT2D eigenvalue weighted by Crippen LogP contribution is 2.34. The molecule has 4 heteroatoms. The van der Waals surface area contributed by atoms with Crippen molar-refractivity contribution in [3.63, 3.8) is 0 Å². The molecule has 3 nitrogen and oxygen atoms in total. The highest BCUT2D eigenvalue weighted by atomic mass is 35.5. The lowest BCUT2D eigenvalue weighted by Crippen LogP contribution is -2.34. The van der Waals surface area contributed by atoms with Crippen molar-refractivity contribution in [2.45, 2.75) is 58.4 Å². The zero-order chi connectivity index (χ0) is 13.1. The van der Waals surface area contributed by atoms with Gasteiger partial charge in [0.05, 0.1) is 0 Å². The van der Waals surface area contributed by atoms with Crippen molar-refractivity contribution in [3.8, 4) is 0 Å². The van der Waals surface area contributed by atoms with Gasteiger partial charge in [-0.15, -0.1) is 0 Å². The molecule has 100 valence electrons. The summed E-state index contributed by atoms with van der Waals surface area (Å²) in [5.74, 6) is 1.39. The van der Waals surface area contributed by atoms with E-state index in [1.54, 1.807) is 6.33 Å². The van der Waals surface area contributed by atoms with Crippen LogP contribution >= 0.6 is 11.6 Å². The maximum Gasteiger partial charge on any atom is 0.138 e. The van der Waals surface area contributed by atoms with E-state index in [0.29, 0.717) is 17.1 Å². The molecule has 18 heavy (non-hydrogen) atoms. The largest absolute Gasteiger partial charge is 0.354 e. The minimum atomic E-state index is 0.351. The van der Waals surface area contributed by atoms with Gasteiger partial charge in [-0.2, -0.15) is 0 Å². The van der Waals surface area contributed by atoms with Crippen LogP contribution in [-0.4, -0.2) is 22.6 Å². The third kappa shape index (κ3) is 2.61. The smallest absolute Gasteiger partial charge is 0.138 e. The van der Waals surface area contributed by atoms with Gasteiger partial charge in [-0.25, -0.2) is 9.97 Å². The second-order valence-electron chi connectivity index (χ2n) is 5.28. The molecule has 0 atom stereocenters. The maximum atomic E-state index is 6.25. The molecule has 1 aromatic heterocycles. The number of anilines is 1. The zero-order valence-electron chi connectivity index (χ0n) is 11.5. The standard InChI is InChI=1S/C14H22ClN3/c1-4-18(11-7-5-6-8-11)14-12(10(2)3)13(15)16-9-17-14/h9-11H,4-8H2,1-3H3. The minimum Gasteiger partial charge on any atom is -0.354 e. The molecule has 1 aromatic rings. The molecule has 1 fully saturated rings. The predicted molar refractivity (Wildman–Crippen MR) is 76.4 cm³/mol. The molecule has 1 aliphatic carbocycles. The van der Waals surface area contributed by atoms with E-state index in [-0.39, 0.29) is 0 Å². The second kappa shape index (κ2) is 5.87. The average Bonchev–Trinajstić information content (AvgIpc) is 2.83. The molecule has 0 radical (unpaired) electrons. The van der Waals surface area contributed by atoms with Crippen molar-refractivity contribution in [3.05, 3.63) is 17.0 Å². The van der Waals surface area contributed by atoms with Crippen LogP contribution in [0.15, 0.2) is 6.33 Å². The van der Waals surface area contributed by atoms with Gasteiger partial charge < -0.3 is 4.90 Å². The third-order valence-corrected chi connectivity index (χ3v) is 4.07. The van der Waals surface area contributed by atoms with E-state index in [2.05, 4.69) is 35.6 Å². The summed E-state index contributed by atoms with van der Waals surface area (Å²) in [6.45, 7) is 7.48. The average molecular weight is 268 g/mol. The van der Waals surface area contributed by atoms with Crippen molar-refractivity contribution in [2.24, 2.45) is 0 Å². The summed E-state index contributed by atoms with van der Waals surface area (Å²) in [6.07, 6.45) is 6.79. The summed E-state index contributed by atoms with van der Waals surface area (Å²) in [7, 11) is 0. The summed E-state index contributed by atoms with van der Waals surface area (Å²) in [5.41, 5.74) is 1.09. The van der Waals surface area contributed by atoms with Crippen LogP contribution in [0.1, 0.15) is 57.9 Å². The fourth-order valence-corrected chi connectivity index (χ4v) is 3.23. The van der Waals surface area contributed by atoms with E-state index in [1.807, 2.05) is 0 Å². The first-order valence-corrected chi connectivity index (χ1v) is 7.30. The maximum absolute atomic E-state index is 6.25. The fourth-order valence-electron chi connectivity index (χ4n) is 2.89. The summed E-state index contributed by atoms with van der Waals surface area (Å²) in [6, 6.07) is 0.624. The summed E-state index contributed by atoms with van der Waals surface area (Å²) in [5, 5.41) is 0.603. The molecule has 0 amide bonds. The van der Waals surface area contributed by atoms with E-state index in [9.17, 15) is 0 Å².